The standard InChI is InChI=1S/C20H27N7O3/c1-12-14-9-15(13-10-22-26(11-13)19(29)30-20(2,3)4)17(28)27(25-7-5-6-8-25)16(14)24-18(21)23-12/h9-10,13H,5-8,11H2,1-4H3,(H2,21,23,24). The highest BCUT2D eigenvalue weighted by Crippen LogP contribution is 2.25. The van der Waals surface area contributed by atoms with E-state index < -0.39 is 11.7 Å². The highest BCUT2D eigenvalue weighted by Gasteiger charge is 2.31. The smallest absolute Gasteiger partial charge is 0.430 e. The van der Waals surface area contributed by atoms with E-state index in [1.165, 1.54) is 5.01 Å². The summed E-state index contributed by atoms with van der Waals surface area (Å²) in [7, 11) is 0. The van der Waals surface area contributed by atoms with Crippen molar-refractivity contribution in [3.63, 3.8) is 0 Å². The van der Waals surface area contributed by atoms with Crippen LogP contribution in [0.15, 0.2) is 16.0 Å². The number of pyridine rings is 1. The number of rotatable bonds is 2. The van der Waals surface area contributed by atoms with Crippen molar-refractivity contribution in [3.8, 4) is 0 Å². The van der Waals surface area contributed by atoms with Crippen molar-refractivity contribution in [2.45, 2.75) is 52.1 Å². The number of fused-ring (bicyclic) bond motifs is 1. The molecule has 2 aliphatic heterocycles. The van der Waals surface area contributed by atoms with Crippen molar-refractivity contribution >= 4 is 29.3 Å². The predicted octanol–water partition coefficient (Wildman–Crippen LogP) is 1.73. The number of nitrogens with zero attached hydrogens (tertiary/aromatic N) is 6. The fourth-order valence-corrected chi connectivity index (χ4v) is 3.84. The molecule has 0 aromatic carbocycles. The zero-order chi connectivity index (χ0) is 21.6. The number of nitrogen functional groups attached to an aromatic ring is 1. The van der Waals surface area contributed by atoms with Gasteiger partial charge in [0.05, 0.1) is 12.2 Å². The molecule has 0 bridgehead atoms. The summed E-state index contributed by atoms with van der Waals surface area (Å²) >= 11 is 0. The molecule has 1 unspecified atom stereocenters. The predicted molar refractivity (Wildman–Crippen MR) is 114 cm³/mol. The van der Waals surface area contributed by atoms with Gasteiger partial charge >= 0.3 is 6.09 Å². The Labute approximate surface area is 174 Å². The molecule has 0 radical (unpaired) electrons. The monoisotopic (exact) mass is 413 g/mol. The maximum absolute atomic E-state index is 13.5. The number of hydrogen-bond acceptors (Lipinski definition) is 8. The van der Waals surface area contributed by atoms with Gasteiger partial charge in [-0.1, -0.05) is 0 Å². The number of hydrogen-bond donors (Lipinski definition) is 1. The summed E-state index contributed by atoms with van der Waals surface area (Å²) in [4.78, 5) is 34.5. The quantitative estimate of drug-likeness (QED) is 0.796. The molecule has 10 nitrogen and oxygen atoms in total. The Bertz CT molecular complexity index is 1080. The van der Waals surface area contributed by atoms with Gasteiger partial charge in [-0.3, -0.25) is 4.79 Å². The highest BCUT2D eigenvalue weighted by molar-refractivity contribution is 5.82. The topological polar surface area (TPSA) is 119 Å². The van der Waals surface area contributed by atoms with E-state index in [-0.39, 0.29) is 24.0 Å². The van der Waals surface area contributed by atoms with Crippen molar-refractivity contribution < 1.29 is 9.53 Å². The van der Waals surface area contributed by atoms with E-state index in [1.807, 2.05) is 11.9 Å². The largest absolute Gasteiger partial charge is 0.442 e. The van der Waals surface area contributed by atoms with Gasteiger partial charge in [0.1, 0.15) is 5.60 Å². The summed E-state index contributed by atoms with van der Waals surface area (Å²) < 4.78 is 7.01. The van der Waals surface area contributed by atoms with Gasteiger partial charge in [0.25, 0.3) is 5.56 Å². The highest BCUT2D eigenvalue weighted by atomic mass is 16.6. The van der Waals surface area contributed by atoms with Crippen LogP contribution in [0.2, 0.25) is 0 Å². The first-order valence-electron chi connectivity index (χ1n) is 10.1. The molecular weight excluding hydrogens is 386 g/mol. The van der Waals surface area contributed by atoms with Crippen LogP contribution in [0.4, 0.5) is 10.7 Å². The first-order chi connectivity index (χ1) is 14.1. The average molecular weight is 413 g/mol. The Kier molecular flexibility index (Phi) is 4.87. The van der Waals surface area contributed by atoms with Crippen LogP contribution in [0.3, 0.4) is 0 Å². The van der Waals surface area contributed by atoms with Gasteiger partial charge in [0.2, 0.25) is 5.95 Å². The molecule has 2 aromatic heterocycles. The third-order valence-corrected chi connectivity index (χ3v) is 5.20. The fraction of sp³-hybridized carbons (Fsp3) is 0.550. The zero-order valence-electron chi connectivity index (χ0n) is 17.8. The molecule has 0 spiro atoms. The molecule has 2 N–H and O–H groups in total. The molecule has 1 atom stereocenters. The normalized spacial score (nSPS) is 19.1. The SMILES string of the molecule is Cc1nc(N)nc2c1cc(C1C=NN(C(=O)OC(C)(C)C)C1)c(=O)n2N1CCCC1. The molecule has 1 amide bonds. The van der Waals surface area contributed by atoms with Crippen LogP contribution in [0.1, 0.15) is 50.8 Å². The molecule has 0 saturated carbocycles. The first kappa shape index (κ1) is 20.1. The lowest BCUT2D eigenvalue weighted by Crippen LogP contribution is -2.43. The van der Waals surface area contributed by atoms with Crippen molar-refractivity contribution in [1.29, 1.82) is 0 Å². The van der Waals surface area contributed by atoms with E-state index in [4.69, 9.17) is 10.5 Å². The molecule has 10 heteroatoms. The number of carbonyl (C=O) groups is 1. The van der Waals surface area contributed by atoms with E-state index in [0.29, 0.717) is 16.9 Å². The van der Waals surface area contributed by atoms with Gasteiger partial charge in [-0.15, -0.1) is 0 Å². The lowest BCUT2D eigenvalue weighted by atomic mass is 10.0. The van der Waals surface area contributed by atoms with Gasteiger partial charge < -0.3 is 15.5 Å². The summed E-state index contributed by atoms with van der Waals surface area (Å²) in [6.45, 7) is 9.02. The second-order valence-electron chi connectivity index (χ2n) is 8.72. The van der Waals surface area contributed by atoms with E-state index in [2.05, 4.69) is 15.1 Å². The van der Waals surface area contributed by atoms with Crippen LogP contribution in [-0.4, -0.2) is 57.2 Å². The number of nitrogens with two attached hydrogens (primary N) is 1. The van der Waals surface area contributed by atoms with E-state index in [0.717, 1.165) is 31.3 Å². The number of amides is 1. The van der Waals surface area contributed by atoms with Crippen LogP contribution in [-0.2, 0) is 4.74 Å². The van der Waals surface area contributed by atoms with Gasteiger partial charge in [-0.05, 0) is 46.6 Å². The number of aryl methyl sites for hydroxylation is 1. The minimum Gasteiger partial charge on any atom is -0.442 e. The maximum atomic E-state index is 13.5. The molecular formula is C20H27N7O3. The van der Waals surface area contributed by atoms with Crippen molar-refractivity contribution in [2.75, 3.05) is 30.4 Å². The van der Waals surface area contributed by atoms with Crippen LogP contribution < -0.4 is 16.3 Å². The van der Waals surface area contributed by atoms with Crippen LogP contribution in [0, 0.1) is 6.92 Å². The van der Waals surface area contributed by atoms with Crippen molar-refractivity contribution in [2.24, 2.45) is 5.10 Å². The summed E-state index contributed by atoms with van der Waals surface area (Å²) in [6, 6.07) is 1.80. The van der Waals surface area contributed by atoms with E-state index in [9.17, 15) is 9.59 Å². The Morgan fingerprint density at radius 2 is 1.93 bits per heavy atom. The molecule has 4 rings (SSSR count). The average Bonchev–Trinajstić information content (AvgIpc) is 3.31. The van der Waals surface area contributed by atoms with E-state index in [1.54, 1.807) is 37.7 Å². The fourth-order valence-electron chi connectivity index (χ4n) is 3.84. The Morgan fingerprint density at radius 1 is 1.23 bits per heavy atom. The Balaban J connectivity index is 1.75. The number of anilines is 1. The van der Waals surface area contributed by atoms with Gasteiger partial charge in [-0.25, -0.2) is 14.5 Å². The zero-order valence-corrected chi connectivity index (χ0v) is 17.8. The maximum Gasteiger partial charge on any atom is 0.430 e. The minimum atomic E-state index is -0.621. The van der Waals surface area contributed by atoms with Crippen LogP contribution >= 0.6 is 0 Å². The third-order valence-electron chi connectivity index (χ3n) is 5.20. The molecule has 30 heavy (non-hydrogen) atoms. The molecule has 1 saturated heterocycles. The minimum absolute atomic E-state index is 0.138. The van der Waals surface area contributed by atoms with Gasteiger partial charge in [-0.2, -0.15) is 15.1 Å². The third kappa shape index (κ3) is 3.69. The summed E-state index contributed by atoms with van der Waals surface area (Å²) in [6.07, 6.45) is 3.10. The molecule has 2 aromatic rings. The lowest BCUT2D eigenvalue weighted by Gasteiger charge is -2.25. The van der Waals surface area contributed by atoms with Crippen LogP contribution in [0.5, 0.6) is 0 Å². The summed E-state index contributed by atoms with van der Waals surface area (Å²) in [5.74, 6) is -0.209. The second kappa shape index (κ2) is 7.26. The van der Waals surface area contributed by atoms with Crippen LogP contribution in [0.25, 0.3) is 11.0 Å². The second-order valence-corrected chi connectivity index (χ2v) is 8.72. The van der Waals surface area contributed by atoms with Crippen molar-refractivity contribution in [1.82, 2.24) is 19.7 Å². The number of hydrazone groups is 1. The number of carbonyl (C=O) groups excluding carboxylic acids is 1. The number of ether oxygens (including phenoxy) is 1. The first-order valence-corrected chi connectivity index (χ1v) is 10.1. The number of aromatic nitrogens is 3. The summed E-state index contributed by atoms with van der Waals surface area (Å²) in [5.41, 5.74) is 6.82. The Hall–Kier alpha value is -3.17. The summed E-state index contributed by atoms with van der Waals surface area (Å²) in [5, 5.41) is 8.20. The Morgan fingerprint density at radius 3 is 2.60 bits per heavy atom. The molecule has 160 valence electrons. The lowest BCUT2D eigenvalue weighted by molar-refractivity contribution is 0.0271. The molecule has 1 fully saturated rings. The van der Waals surface area contributed by atoms with Crippen molar-refractivity contribution in [3.05, 3.63) is 27.7 Å². The molecule has 0 aliphatic carbocycles. The van der Waals surface area contributed by atoms with E-state index >= 15 is 0 Å². The van der Waals surface area contributed by atoms with Gasteiger partial charge in [0.15, 0.2) is 5.65 Å². The molecule has 4 heterocycles. The molecule has 2 aliphatic rings. The van der Waals surface area contributed by atoms with Gasteiger partial charge in [0, 0.05) is 36.2 Å².